The first-order chi connectivity index (χ1) is 11.6. The van der Waals surface area contributed by atoms with Gasteiger partial charge in [-0.2, -0.15) is 0 Å². The summed E-state index contributed by atoms with van der Waals surface area (Å²) < 4.78 is 0. The second kappa shape index (κ2) is 11.4. The minimum absolute atomic E-state index is 0.0185. The Kier molecular flexibility index (Phi) is 9.51. The molecule has 4 heteroatoms. The third kappa shape index (κ3) is 7.44. The number of carbonyl (C=O) groups is 2. The molecule has 1 aliphatic heterocycles. The van der Waals surface area contributed by atoms with Crippen LogP contribution in [0.4, 0.5) is 0 Å². The van der Waals surface area contributed by atoms with Gasteiger partial charge in [0.25, 0.3) is 5.91 Å². The van der Waals surface area contributed by atoms with Crippen molar-refractivity contribution in [3.8, 4) is 0 Å². The minimum Gasteiger partial charge on any atom is -0.481 e. The van der Waals surface area contributed by atoms with Gasteiger partial charge < -0.3 is 10.4 Å². The minimum atomic E-state index is -0.760. The van der Waals surface area contributed by atoms with Crippen LogP contribution >= 0.6 is 0 Å². The van der Waals surface area contributed by atoms with Crippen LogP contribution in [0.25, 0.3) is 0 Å². The van der Waals surface area contributed by atoms with E-state index in [1.807, 2.05) is 37.3 Å². The van der Waals surface area contributed by atoms with Gasteiger partial charge in [0.2, 0.25) is 0 Å². The van der Waals surface area contributed by atoms with Crippen molar-refractivity contribution >= 4 is 11.9 Å². The average molecular weight is 331 g/mol. The lowest BCUT2D eigenvalue weighted by Gasteiger charge is -2.06. The van der Waals surface area contributed by atoms with Gasteiger partial charge in [0.15, 0.2) is 0 Å². The number of carboxylic acid groups (broad SMARTS) is 1. The van der Waals surface area contributed by atoms with Gasteiger partial charge in [0.1, 0.15) is 0 Å². The lowest BCUT2D eigenvalue weighted by Crippen LogP contribution is -2.25. The van der Waals surface area contributed by atoms with Crippen LogP contribution in [-0.4, -0.2) is 23.0 Å². The molecule has 1 rings (SSSR count). The van der Waals surface area contributed by atoms with Crippen molar-refractivity contribution in [1.82, 2.24) is 5.32 Å². The highest BCUT2D eigenvalue weighted by atomic mass is 16.4. The number of rotatable bonds is 11. The zero-order valence-electron chi connectivity index (χ0n) is 14.8. The van der Waals surface area contributed by atoms with E-state index in [2.05, 4.69) is 18.3 Å². The number of nitrogens with one attached hydrogen (secondary N) is 1. The molecule has 1 heterocycles. The quantitative estimate of drug-likeness (QED) is 0.337. The Balaban J connectivity index is 2.58. The molecule has 0 saturated heterocycles. The highest BCUT2D eigenvalue weighted by Gasteiger charge is 2.25. The molecule has 1 atom stereocenters. The number of amides is 1. The largest absolute Gasteiger partial charge is 0.481 e. The second-order valence-electron chi connectivity index (χ2n) is 6.03. The smallest absolute Gasteiger partial charge is 0.303 e. The Morgan fingerprint density at radius 2 is 1.92 bits per heavy atom. The molecule has 24 heavy (non-hydrogen) atoms. The molecule has 4 nitrogen and oxygen atoms in total. The highest BCUT2D eigenvalue weighted by Crippen LogP contribution is 2.22. The molecule has 1 unspecified atom stereocenters. The fraction of sp³-hybridized carbons (Fsp3) is 0.500. The van der Waals surface area contributed by atoms with E-state index in [1.165, 1.54) is 12.8 Å². The monoisotopic (exact) mass is 331 g/mol. The highest BCUT2D eigenvalue weighted by molar-refractivity contribution is 6.00. The molecule has 1 aliphatic rings. The summed E-state index contributed by atoms with van der Waals surface area (Å²) in [6, 6.07) is 0.0462. The number of allylic oxidation sites excluding steroid dienone is 5. The van der Waals surface area contributed by atoms with E-state index in [9.17, 15) is 9.59 Å². The number of hydrogen-bond donors (Lipinski definition) is 2. The summed E-state index contributed by atoms with van der Waals surface area (Å²) in [5.41, 5.74) is 1.84. The second-order valence-corrected chi connectivity index (χ2v) is 6.03. The number of unbranched alkanes of at least 4 members (excludes halogenated alkanes) is 3. The van der Waals surface area contributed by atoms with Gasteiger partial charge in [0, 0.05) is 18.0 Å². The molecule has 0 bridgehead atoms. The standard InChI is InChI=1S/C20H29NO3/c1-3-4-5-6-7-11-14-18-17(16(2)21-20(18)24)13-10-8-9-12-15-19(22)23/h6-8,10-11,14,16H,3-5,9,12-13,15H2,1-2H3,(H,21,24)(H,22,23)/b7-6+,10-8-,14-11+. The van der Waals surface area contributed by atoms with Crippen LogP contribution in [0.15, 0.2) is 47.6 Å². The third-order valence-electron chi connectivity index (χ3n) is 3.96. The first-order valence-corrected chi connectivity index (χ1v) is 8.80. The summed E-state index contributed by atoms with van der Waals surface area (Å²) in [7, 11) is 0. The van der Waals surface area contributed by atoms with Crippen molar-refractivity contribution in [3.63, 3.8) is 0 Å². The van der Waals surface area contributed by atoms with Crippen molar-refractivity contribution < 1.29 is 14.7 Å². The Morgan fingerprint density at radius 3 is 2.62 bits per heavy atom. The molecule has 132 valence electrons. The number of hydrogen-bond acceptors (Lipinski definition) is 2. The van der Waals surface area contributed by atoms with Crippen molar-refractivity contribution in [3.05, 3.63) is 47.6 Å². The van der Waals surface area contributed by atoms with Crippen LogP contribution < -0.4 is 5.32 Å². The number of aliphatic carboxylic acids is 1. The van der Waals surface area contributed by atoms with Crippen molar-refractivity contribution in [2.75, 3.05) is 0 Å². The molecule has 0 spiro atoms. The van der Waals surface area contributed by atoms with E-state index in [0.717, 1.165) is 24.0 Å². The maximum Gasteiger partial charge on any atom is 0.303 e. The molecule has 2 N–H and O–H groups in total. The topological polar surface area (TPSA) is 66.4 Å². The van der Waals surface area contributed by atoms with Gasteiger partial charge in [-0.3, -0.25) is 9.59 Å². The molecule has 0 radical (unpaired) electrons. The lowest BCUT2D eigenvalue weighted by molar-refractivity contribution is -0.137. The SMILES string of the molecule is CCCC/C=C/C=C/C1=C(C/C=C\CCCC(=O)O)C(C)NC1=O. The van der Waals surface area contributed by atoms with Gasteiger partial charge in [-0.05, 0) is 44.3 Å². The van der Waals surface area contributed by atoms with E-state index in [-0.39, 0.29) is 18.4 Å². The van der Waals surface area contributed by atoms with Crippen LogP contribution in [0.5, 0.6) is 0 Å². The predicted octanol–water partition coefficient (Wildman–Crippen LogP) is 4.31. The Hall–Kier alpha value is -2.10. The van der Waals surface area contributed by atoms with Crippen LogP contribution in [-0.2, 0) is 9.59 Å². The Labute approximate surface area is 145 Å². The summed E-state index contributed by atoms with van der Waals surface area (Å²) in [5, 5.41) is 11.5. The van der Waals surface area contributed by atoms with Crippen LogP contribution in [0.3, 0.4) is 0 Å². The molecule has 1 amide bonds. The van der Waals surface area contributed by atoms with E-state index in [1.54, 1.807) is 0 Å². The van der Waals surface area contributed by atoms with Crippen LogP contribution in [0.2, 0.25) is 0 Å². The maximum atomic E-state index is 12.0. The van der Waals surface area contributed by atoms with Gasteiger partial charge in [-0.1, -0.05) is 50.1 Å². The Morgan fingerprint density at radius 1 is 1.17 bits per heavy atom. The number of carboxylic acids is 1. The fourth-order valence-corrected chi connectivity index (χ4v) is 2.56. The summed E-state index contributed by atoms with van der Waals surface area (Å²) in [6.45, 7) is 4.16. The fourth-order valence-electron chi connectivity index (χ4n) is 2.56. The zero-order valence-corrected chi connectivity index (χ0v) is 14.8. The van der Waals surface area contributed by atoms with Crippen molar-refractivity contribution in [2.24, 2.45) is 0 Å². The van der Waals surface area contributed by atoms with E-state index in [0.29, 0.717) is 12.8 Å². The molecule has 0 saturated carbocycles. The predicted molar refractivity (Wildman–Crippen MR) is 97.7 cm³/mol. The average Bonchev–Trinajstić information content (AvgIpc) is 2.80. The molecular weight excluding hydrogens is 302 g/mol. The van der Waals surface area contributed by atoms with Crippen molar-refractivity contribution in [1.29, 1.82) is 0 Å². The summed E-state index contributed by atoms with van der Waals surface area (Å²) in [5.74, 6) is -0.778. The van der Waals surface area contributed by atoms with Gasteiger partial charge in [-0.15, -0.1) is 0 Å². The normalized spacial score (nSPS) is 18.4. The molecule has 0 fully saturated rings. The third-order valence-corrected chi connectivity index (χ3v) is 3.96. The van der Waals surface area contributed by atoms with Gasteiger partial charge >= 0.3 is 5.97 Å². The van der Waals surface area contributed by atoms with Crippen molar-refractivity contribution in [2.45, 2.75) is 64.8 Å². The van der Waals surface area contributed by atoms with E-state index >= 15 is 0 Å². The lowest BCUT2D eigenvalue weighted by atomic mass is 10.0. The molecule has 0 aromatic heterocycles. The Bertz CT molecular complexity index is 541. The molecule has 0 aromatic carbocycles. The van der Waals surface area contributed by atoms with Gasteiger partial charge in [0.05, 0.1) is 0 Å². The molecule has 0 aliphatic carbocycles. The zero-order chi connectivity index (χ0) is 17.8. The molecular formula is C20H29NO3. The summed E-state index contributed by atoms with van der Waals surface area (Å²) in [4.78, 5) is 22.5. The first-order valence-electron chi connectivity index (χ1n) is 8.80. The maximum absolute atomic E-state index is 12.0. The number of carbonyl (C=O) groups excluding carboxylic acids is 1. The summed E-state index contributed by atoms with van der Waals surface area (Å²) in [6.07, 6.45) is 17.7. The van der Waals surface area contributed by atoms with Gasteiger partial charge in [-0.25, -0.2) is 0 Å². The van der Waals surface area contributed by atoms with E-state index in [4.69, 9.17) is 5.11 Å². The van der Waals surface area contributed by atoms with Crippen LogP contribution in [0.1, 0.15) is 58.8 Å². The van der Waals surface area contributed by atoms with E-state index < -0.39 is 5.97 Å². The first kappa shape index (κ1) is 19.9. The summed E-state index contributed by atoms with van der Waals surface area (Å²) >= 11 is 0. The molecule has 0 aromatic rings. The van der Waals surface area contributed by atoms with Crippen LogP contribution in [0, 0.1) is 0 Å².